The first-order valence-electron chi connectivity index (χ1n) is 12.5. The van der Waals surface area contributed by atoms with Gasteiger partial charge in [-0.2, -0.15) is 0 Å². The monoisotopic (exact) mass is 502 g/mol. The molecule has 1 fully saturated rings. The van der Waals surface area contributed by atoms with Gasteiger partial charge in [0, 0.05) is 37.3 Å². The molecule has 0 radical (unpaired) electrons. The van der Waals surface area contributed by atoms with Crippen molar-refractivity contribution in [2.45, 2.75) is 45.4 Å². The van der Waals surface area contributed by atoms with E-state index in [2.05, 4.69) is 23.6 Å². The van der Waals surface area contributed by atoms with Crippen LogP contribution in [0.2, 0.25) is 0 Å². The van der Waals surface area contributed by atoms with E-state index in [1.165, 1.54) is 0 Å². The second-order valence-corrected chi connectivity index (χ2v) is 9.83. The molecule has 0 spiro atoms. The van der Waals surface area contributed by atoms with Crippen molar-refractivity contribution in [2.24, 2.45) is 0 Å². The molecule has 2 N–H and O–H groups in total. The fourth-order valence-corrected chi connectivity index (χ4v) is 5.12. The number of Topliss-reactive ketones (excluding diaryl/α,β-unsaturated/α-hetero) is 1. The number of carboxylic acids is 1. The highest BCUT2D eigenvalue weighted by molar-refractivity contribution is 5.94. The lowest BCUT2D eigenvalue weighted by molar-refractivity contribution is -0.139. The van der Waals surface area contributed by atoms with E-state index in [1.807, 2.05) is 60.7 Å². The first kappa shape index (κ1) is 26.4. The van der Waals surface area contributed by atoms with Gasteiger partial charge in [-0.1, -0.05) is 42.5 Å². The second kappa shape index (κ2) is 11.6. The third-order valence-corrected chi connectivity index (χ3v) is 6.94. The van der Waals surface area contributed by atoms with E-state index in [0.717, 1.165) is 36.3 Å². The lowest BCUT2D eigenvalue weighted by Gasteiger charge is -2.47. The number of phenolic OH excluding ortho intramolecular Hbond substituents is 1. The number of nitrogens with zero attached hydrogens (tertiary/aromatic N) is 2. The van der Waals surface area contributed by atoms with Crippen LogP contribution in [-0.2, 0) is 11.3 Å². The SMILES string of the molecule is CC(=O)c1cccc([C@H](c2cccc(OCC(=O)O)c2)N2C[C@@H](C)N(Cc3cccc(O)c3)C[C@@H]2C)c1. The maximum absolute atomic E-state index is 12.2. The molecule has 3 aromatic carbocycles. The van der Waals surface area contributed by atoms with Gasteiger partial charge in [0.25, 0.3) is 0 Å². The zero-order valence-electron chi connectivity index (χ0n) is 21.5. The molecule has 3 atom stereocenters. The van der Waals surface area contributed by atoms with Gasteiger partial charge >= 0.3 is 5.97 Å². The maximum atomic E-state index is 12.2. The number of piperazine rings is 1. The molecule has 0 bridgehead atoms. The third-order valence-electron chi connectivity index (χ3n) is 6.94. The van der Waals surface area contributed by atoms with Crippen molar-refractivity contribution in [3.63, 3.8) is 0 Å². The van der Waals surface area contributed by atoms with Crippen LogP contribution in [0.25, 0.3) is 0 Å². The molecule has 0 unspecified atom stereocenters. The summed E-state index contributed by atoms with van der Waals surface area (Å²) in [5.74, 6) is -0.249. The van der Waals surface area contributed by atoms with Gasteiger partial charge in [-0.05, 0) is 67.8 Å². The van der Waals surface area contributed by atoms with E-state index < -0.39 is 12.6 Å². The summed E-state index contributed by atoms with van der Waals surface area (Å²) in [5.41, 5.74) is 3.71. The highest BCUT2D eigenvalue weighted by Gasteiger charge is 2.35. The second-order valence-electron chi connectivity index (χ2n) is 9.83. The minimum absolute atomic E-state index is 0.0106. The molecule has 1 heterocycles. The minimum Gasteiger partial charge on any atom is -0.508 e. The predicted molar refractivity (Wildman–Crippen MR) is 142 cm³/mol. The van der Waals surface area contributed by atoms with Crippen molar-refractivity contribution >= 4 is 11.8 Å². The number of ketones is 1. The van der Waals surface area contributed by atoms with Crippen molar-refractivity contribution in [2.75, 3.05) is 19.7 Å². The van der Waals surface area contributed by atoms with Gasteiger partial charge in [0.1, 0.15) is 11.5 Å². The molecule has 0 saturated carbocycles. The molecule has 194 valence electrons. The number of aromatic hydroxyl groups is 1. The Hall–Kier alpha value is -3.68. The van der Waals surface area contributed by atoms with Crippen molar-refractivity contribution in [1.29, 1.82) is 0 Å². The van der Waals surface area contributed by atoms with Gasteiger partial charge in [0.15, 0.2) is 12.4 Å². The van der Waals surface area contributed by atoms with Crippen LogP contribution in [0.3, 0.4) is 0 Å². The molecule has 3 aromatic rings. The molecule has 0 aromatic heterocycles. The Morgan fingerprint density at radius 3 is 2.35 bits per heavy atom. The van der Waals surface area contributed by atoms with Gasteiger partial charge in [0.05, 0.1) is 6.04 Å². The number of rotatable bonds is 9. The largest absolute Gasteiger partial charge is 0.508 e. The predicted octanol–water partition coefficient (Wildman–Crippen LogP) is 4.74. The number of carbonyl (C=O) groups excluding carboxylic acids is 1. The van der Waals surface area contributed by atoms with E-state index >= 15 is 0 Å². The number of aliphatic carboxylic acids is 1. The lowest BCUT2D eigenvalue weighted by Crippen LogP contribution is -2.56. The van der Waals surface area contributed by atoms with Crippen LogP contribution >= 0.6 is 0 Å². The van der Waals surface area contributed by atoms with Crippen molar-refractivity contribution in [3.8, 4) is 11.5 Å². The molecule has 7 nitrogen and oxygen atoms in total. The van der Waals surface area contributed by atoms with Gasteiger partial charge < -0.3 is 14.9 Å². The Morgan fingerprint density at radius 1 is 0.946 bits per heavy atom. The van der Waals surface area contributed by atoms with Crippen LogP contribution in [0.4, 0.5) is 0 Å². The molecule has 1 aliphatic rings. The number of carbonyl (C=O) groups is 2. The Kier molecular flexibility index (Phi) is 8.26. The lowest BCUT2D eigenvalue weighted by atomic mass is 9.92. The van der Waals surface area contributed by atoms with E-state index in [9.17, 15) is 14.7 Å². The summed E-state index contributed by atoms with van der Waals surface area (Å²) in [5, 5.41) is 18.9. The smallest absolute Gasteiger partial charge is 0.341 e. The molecule has 0 amide bonds. The number of hydrogen-bond acceptors (Lipinski definition) is 6. The molecular weight excluding hydrogens is 468 g/mol. The number of carboxylic acid groups (broad SMARTS) is 1. The third kappa shape index (κ3) is 6.56. The summed E-state index contributed by atoms with van der Waals surface area (Å²) in [4.78, 5) is 28.1. The van der Waals surface area contributed by atoms with Crippen LogP contribution in [-0.4, -0.2) is 63.5 Å². The Labute approximate surface area is 217 Å². The normalized spacial score (nSPS) is 19.3. The van der Waals surface area contributed by atoms with Crippen molar-refractivity contribution in [3.05, 3.63) is 95.1 Å². The van der Waals surface area contributed by atoms with Crippen LogP contribution < -0.4 is 4.74 Å². The minimum atomic E-state index is -1.03. The summed E-state index contributed by atoms with van der Waals surface area (Å²) in [6, 6.07) is 22.9. The van der Waals surface area contributed by atoms with Gasteiger partial charge in [0.2, 0.25) is 0 Å². The first-order chi connectivity index (χ1) is 17.7. The van der Waals surface area contributed by atoms with E-state index in [-0.39, 0.29) is 29.7 Å². The Morgan fingerprint density at radius 2 is 1.65 bits per heavy atom. The Bertz CT molecular complexity index is 1260. The summed E-state index contributed by atoms with van der Waals surface area (Å²) in [7, 11) is 0. The highest BCUT2D eigenvalue weighted by Crippen LogP contribution is 2.35. The molecule has 7 heteroatoms. The van der Waals surface area contributed by atoms with E-state index in [1.54, 1.807) is 19.1 Å². The van der Waals surface area contributed by atoms with Gasteiger partial charge in [-0.15, -0.1) is 0 Å². The number of ether oxygens (including phenoxy) is 1. The van der Waals surface area contributed by atoms with Gasteiger partial charge in [-0.25, -0.2) is 4.79 Å². The maximum Gasteiger partial charge on any atom is 0.341 e. The quantitative estimate of drug-likeness (QED) is 0.409. The average molecular weight is 503 g/mol. The summed E-state index contributed by atoms with van der Waals surface area (Å²) in [6.45, 7) is 7.93. The van der Waals surface area contributed by atoms with Crippen LogP contribution in [0.15, 0.2) is 72.8 Å². The average Bonchev–Trinajstić information content (AvgIpc) is 2.86. The molecule has 1 saturated heterocycles. The molecule has 0 aliphatic carbocycles. The van der Waals surface area contributed by atoms with Crippen LogP contribution in [0, 0.1) is 0 Å². The van der Waals surface area contributed by atoms with Crippen LogP contribution in [0.5, 0.6) is 11.5 Å². The first-order valence-corrected chi connectivity index (χ1v) is 12.5. The molecular formula is C30H34N2O5. The summed E-state index contributed by atoms with van der Waals surface area (Å²) >= 11 is 0. The molecule has 4 rings (SSSR count). The van der Waals surface area contributed by atoms with E-state index in [0.29, 0.717) is 11.3 Å². The summed E-state index contributed by atoms with van der Waals surface area (Å²) < 4.78 is 5.48. The molecule has 37 heavy (non-hydrogen) atoms. The van der Waals surface area contributed by atoms with Crippen molar-refractivity contribution < 1.29 is 24.5 Å². The number of hydrogen-bond donors (Lipinski definition) is 2. The van der Waals surface area contributed by atoms with Crippen molar-refractivity contribution in [1.82, 2.24) is 9.80 Å². The zero-order chi connectivity index (χ0) is 26.5. The number of benzene rings is 3. The molecule has 1 aliphatic heterocycles. The topological polar surface area (TPSA) is 90.3 Å². The van der Waals surface area contributed by atoms with Gasteiger partial charge in [-0.3, -0.25) is 14.6 Å². The summed E-state index contributed by atoms with van der Waals surface area (Å²) in [6.07, 6.45) is 0. The van der Waals surface area contributed by atoms with Crippen LogP contribution in [0.1, 0.15) is 53.9 Å². The Balaban J connectivity index is 1.66. The highest BCUT2D eigenvalue weighted by atomic mass is 16.5. The van der Waals surface area contributed by atoms with E-state index in [4.69, 9.17) is 9.84 Å². The zero-order valence-corrected chi connectivity index (χ0v) is 21.5. The fourth-order valence-electron chi connectivity index (χ4n) is 5.12. The standard InChI is InChI=1S/C30H34N2O5/c1-20-17-32(21(2)16-31(20)18-23-7-4-11-27(34)13-23)30(25-9-5-8-24(14-25)22(3)33)26-10-6-12-28(15-26)37-19-29(35)36/h4-15,20-21,30,34H,16-19H2,1-3H3,(H,35,36)/t20-,21+,30-/m1/s1. The number of phenols is 1. The fraction of sp³-hybridized carbons (Fsp3) is 0.333.